The number of fused-ring (bicyclic) bond motifs is 5. The molecule has 0 aliphatic carbocycles. The largest absolute Gasteiger partial charge is 0.492 e. The van der Waals surface area contributed by atoms with Crippen LogP contribution >= 0.6 is 0 Å². The predicted molar refractivity (Wildman–Crippen MR) is 133 cm³/mol. The van der Waals surface area contributed by atoms with E-state index in [-0.39, 0.29) is 18.1 Å². The Morgan fingerprint density at radius 2 is 1.60 bits per heavy atom. The lowest BCUT2D eigenvalue weighted by atomic mass is 9.77. The number of para-hydroxylation sites is 1. The summed E-state index contributed by atoms with van der Waals surface area (Å²) < 4.78 is 17.5. The number of hydrogen-bond acceptors (Lipinski definition) is 5. The van der Waals surface area contributed by atoms with E-state index in [1.54, 1.807) is 0 Å². The van der Waals surface area contributed by atoms with Crippen molar-refractivity contribution in [2.24, 2.45) is 0 Å². The molecule has 1 atom stereocenters. The standard InChI is InChI=1S/C29H28N2O4/c32-28(30-12-6-1-7-13-30)21-9-3-2-8-20(21)16-31-17-29(22-10-4-5-11-24(22)31)18-33-25-15-27-26(14-23(25)29)34-19-35-27/h2-5,8-11,14-15H,1,6-7,12-13,16-19H2. The minimum absolute atomic E-state index is 0.157. The zero-order chi connectivity index (χ0) is 23.4. The van der Waals surface area contributed by atoms with Crippen LogP contribution in [0.3, 0.4) is 0 Å². The summed E-state index contributed by atoms with van der Waals surface area (Å²) in [5, 5.41) is 0. The van der Waals surface area contributed by atoms with Gasteiger partial charge in [-0.25, -0.2) is 0 Å². The third-order valence-corrected chi connectivity index (χ3v) is 7.94. The van der Waals surface area contributed by atoms with E-state index in [0.717, 1.165) is 66.4 Å². The maximum atomic E-state index is 13.4. The second-order valence-corrected chi connectivity index (χ2v) is 9.96. The second-order valence-electron chi connectivity index (χ2n) is 9.96. The van der Waals surface area contributed by atoms with Crippen LogP contribution in [-0.2, 0) is 12.0 Å². The van der Waals surface area contributed by atoms with Gasteiger partial charge in [0.2, 0.25) is 6.79 Å². The number of carbonyl (C=O) groups is 1. The molecule has 178 valence electrons. The van der Waals surface area contributed by atoms with Gasteiger partial charge in [-0.1, -0.05) is 36.4 Å². The third-order valence-electron chi connectivity index (χ3n) is 7.94. The van der Waals surface area contributed by atoms with Gasteiger partial charge in [-0.3, -0.25) is 4.79 Å². The average molecular weight is 469 g/mol. The molecule has 1 unspecified atom stereocenters. The van der Waals surface area contributed by atoms with Crippen molar-refractivity contribution >= 4 is 11.6 Å². The van der Waals surface area contributed by atoms with E-state index in [2.05, 4.69) is 41.3 Å². The SMILES string of the molecule is O=C(c1ccccc1CN1CC2(COc3cc4c(cc32)OCO4)c2ccccc21)N1CCCCC1. The molecule has 4 heterocycles. The van der Waals surface area contributed by atoms with Crippen molar-refractivity contribution in [3.05, 3.63) is 82.9 Å². The first-order valence-corrected chi connectivity index (χ1v) is 12.5. The van der Waals surface area contributed by atoms with Crippen LogP contribution in [0.5, 0.6) is 17.2 Å². The lowest BCUT2D eigenvalue weighted by Crippen LogP contribution is -2.37. The van der Waals surface area contributed by atoms with Gasteiger partial charge < -0.3 is 24.0 Å². The van der Waals surface area contributed by atoms with Crippen molar-refractivity contribution in [1.82, 2.24) is 4.90 Å². The fourth-order valence-electron chi connectivity index (χ4n) is 6.18. The van der Waals surface area contributed by atoms with Gasteiger partial charge in [0.15, 0.2) is 11.5 Å². The summed E-state index contributed by atoms with van der Waals surface area (Å²) in [6, 6.07) is 20.7. The molecular weight excluding hydrogens is 440 g/mol. The van der Waals surface area contributed by atoms with Crippen LogP contribution < -0.4 is 19.1 Å². The number of anilines is 1. The summed E-state index contributed by atoms with van der Waals surface area (Å²) in [5.41, 5.74) is 5.21. The van der Waals surface area contributed by atoms with Crippen molar-refractivity contribution in [1.29, 1.82) is 0 Å². The summed E-state index contributed by atoms with van der Waals surface area (Å²) in [6.45, 7) is 3.99. The van der Waals surface area contributed by atoms with Gasteiger partial charge in [-0.05, 0) is 48.6 Å². The molecule has 35 heavy (non-hydrogen) atoms. The second kappa shape index (κ2) is 7.94. The summed E-state index contributed by atoms with van der Waals surface area (Å²) in [4.78, 5) is 17.8. The molecule has 0 bridgehead atoms. The molecule has 7 rings (SSSR count). The quantitative estimate of drug-likeness (QED) is 0.556. The maximum Gasteiger partial charge on any atom is 0.254 e. The van der Waals surface area contributed by atoms with E-state index in [4.69, 9.17) is 14.2 Å². The van der Waals surface area contributed by atoms with Gasteiger partial charge in [-0.2, -0.15) is 0 Å². The molecule has 1 amide bonds. The van der Waals surface area contributed by atoms with Crippen molar-refractivity contribution < 1.29 is 19.0 Å². The molecule has 0 radical (unpaired) electrons. The van der Waals surface area contributed by atoms with Crippen LogP contribution in [0.2, 0.25) is 0 Å². The summed E-state index contributed by atoms with van der Waals surface area (Å²) in [7, 11) is 0. The van der Waals surface area contributed by atoms with Crippen LogP contribution in [0.15, 0.2) is 60.7 Å². The highest BCUT2D eigenvalue weighted by Gasteiger charge is 2.50. The van der Waals surface area contributed by atoms with Crippen molar-refractivity contribution in [2.45, 2.75) is 31.2 Å². The molecular formula is C29H28N2O4. The van der Waals surface area contributed by atoms with Crippen molar-refractivity contribution in [2.75, 3.05) is 37.9 Å². The summed E-state index contributed by atoms with van der Waals surface area (Å²) >= 11 is 0. The highest BCUT2D eigenvalue weighted by Crippen LogP contribution is 2.54. The Kier molecular flexibility index (Phi) is 4.69. The van der Waals surface area contributed by atoms with Crippen LogP contribution in [0, 0.1) is 0 Å². The molecule has 4 aliphatic heterocycles. The lowest BCUT2D eigenvalue weighted by Gasteiger charge is -2.29. The predicted octanol–water partition coefficient (Wildman–Crippen LogP) is 4.74. The van der Waals surface area contributed by atoms with E-state index in [0.29, 0.717) is 13.2 Å². The highest BCUT2D eigenvalue weighted by molar-refractivity contribution is 5.96. The average Bonchev–Trinajstić information content (AvgIpc) is 3.60. The van der Waals surface area contributed by atoms with Gasteiger partial charge in [0.05, 0.1) is 5.41 Å². The number of amides is 1. The molecule has 6 nitrogen and oxygen atoms in total. The maximum absolute atomic E-state index is 13.4. The van der Waals surface area contributed by atoms with Gasteiger partial charge in [0.1, 0.15) is 12.4 Å². The van der Waals surface area contributed by atoms with Gasteiger partial charge in [0, 0.05) is 49.1 Å². The fourth-order valence-corrected chi connectivity index (χ4v) is 6.18. The van der Waals surface area contributed by atoms with E-state index in [9.17, 15) is 4.79 Å². The summed E-state index contributed by atoms with van der Waals surface area (Å²) in [5.74, 6) is 2.55. The van der Waals surface area contributed by atoms with E-state index < -0.39 is 0 Å². The number of benzene rings is 3. The number of carbonyl (C=O) groups excluding carboxylic acids is 1. The lowest BCUT2D eigenvalue weighted by molar-refractivity contribution is 0.0723. The fraction of sp³-hybridized carbons (Fsp3) is 0.345. The molecule has 0 N–H and O–H groups in total. The Labute approximate surface area is 205 Å². The van der Waals surface area contributed by atoms with Crippen molar-refractivity contribution in [3.8, 4) is 17.2 Å². The van der Waals surface area contributed by atoms with Crippen LogP contribution in [0.1, 0.15) is 46.3 Å². The number of rotatable bonds is 3. The van der Waals surface area contributed by atoms with E-state index >= 15 is 0 Å². The molecule has 3 aromatic rings. The van der Waals surface area contributed by atoms with Crippen LogP contribution in [-0.4, -0.2) is 43.8 Å². The Morgan fingerprint density at radius 3 is 2.49 bits per heavy atom. The minimum Gasteiger partial charge on any atom is -0.492 e. The molecule has 1 saturated heterocycles. The first-order chi connectivity index (χ1) is 17.2. The van der Waals surface area contributed by atoms with Crippen LogP contribution in [0.4, 0.5) is 5.69 Å². The van der Waals surface area contributed by atoms with Crippen LogP contribution in [0.25, 0.3) is 0 Å². The van der Waals surface area contributed by atoms with E-state index in [1.165, 1.54) is 17.7 Å². The zero-order valence-electron chi connectivity index (χ0n) is 19.7. The number of hydrogen-bond donors (Lipinski definition) is 0. The van der Waals surface area contributed by atoms with Gasteiger partial charge >= 0.3 is 0 Å². The topological polar surface area (TPSA) is 51.2 Å². The first kappa shape index (κ1) is 20.7. The number of likely N-dealkylation sites (tertiary alicyclic amines) is 1. The number of nitrogens with zero attached hydrogens (tertiary/aromatic N) is 2. The Morgan fingerprint density at radius 1 is 0.829 bits per heavy atom. The third kappa shape index (κ3) is 3.19. The normalized spacial score (nSPS) is 21.7. The monoisotopic (exact) mass is 468 g/mol. The number of piperidine rings is 1. The first-order valence-electron chi connectivity index (χ1n) is 12.5. The molecule has 0 aromatic heterocycles. The Balaban J connectivity index is 1.25. The molecule has 3 aromatic carbocycles. The van der Waals surface area contributed by atoms with E-state index in [1.807, 2.05) is 29.2 Å². The molecule has 6 heteroatoms. The van der Waals surface area contributed by atoms with Gasteiger partial charge in [-0.15, -0.1) is 0 Å². The van der Waals surface area contributed by atoms with Crippen molar-refractivity contribution in [3.63, 3.8) is 0 Å². The smallest absolute Gasteiger partial charge is 0.254 e. The summed E-state index contributed by atoms with van der Waals surface area (Å²) in [6.07, 6.45) is 3.39. The number of ether oxygens (including phenoxy) is 3. The van der Waals surface area contributed by atoms with Gasteiger partial charge in [0.25, 0.3) is 5.91 Å². The Bertz CT molecular complexity index is 1320. The highest BCUT2D eigenvalue weighted by atomic mass is 16.7. The molecule has 1 fully saturated rings. The minimum atomic E-state index is -0.279. The Hall–Kier alpha value is -3.67. The molecule has 1 spiro atoms. The zero-order valence-corrected chi connectivity index (χ0v) is 19.7. The molecule has 0 saturated carbocycles. The molecule has 4 aliphatic rings.